The fourth-order valence-corrected chi connectivity index (χ4v) is 3.63. The van der Waals surface area contributed by atoms with Crippen molar-refractivity contribution in [1.82, 2.24) is 0 Å². The summed E-state index contributed by atoms with van der Waals surface area (Å²) in [5, 5.41) is 12.8. The molecule has 0 amide bonds. The van der Waals surface area contributed by atoms with Crippen molar-refractivity contribution < 1.29 is 13.5 Å². The normalized spacial score (nSPS) is 11.3. The number of hydrogen-bond acceptors (Lipinski definition) is 4. The van der Waals surface area contributed by atoms with Crippen LogP contribution >= 0.6 is 0 Å². The molecule has 0 heterocycles. The quantitative estimate of drug-likeness (QED) is 0.860. The van der Waals surface area contributed by atoms with Gasteiger partial charge in [0, 0.05) is 12.1 Å². The molecule has 0 radical (unpaired) electrons. The molecular formula is C16H19NO3S. The van der Waals surface area contributed by atoms with Crippen molar-refractivity contribution >= 4 is 15.5 Å². The van der Waals surface area contributed by atoms with Gasteiger partial charge in [0.05, 0.1) is 16.3 Å². The van der Waals surface area contributed by atoms with Crippen LogP contribution in [0.15, 0.2) is 53.4 Å². The first-order valence-corrected chi connectivity index (χ1v) is 8.52. The minimum absolute atomic E-state index is 0.127. The second-order valence-corrected chi connectivity index (χ2v) is 6.87. The SMILES string of the molecule is CCCS(=O)(=O)c1ccccc1NCc1ccccc1O. The van der Waals surface area contributed by atoms with Crippen LogP contribution in [0.25, 0.3) is 0 Å². The maximum Gasteiger partial charge on any atom is 0.180 e. The molecule has 2 N–H and O–H groups in total. The maximum atomic E-state index is 12.2. The monoisotopic (exact) mass is 305 g/mol. The first kappa shape index (κ1) is 15.4. The van der Waals surface area contributed by atoms with E-state index in [1.165, 1.54) is 0 Å². The zero-order valence-electron chi connectivity index (χ0n) is 11.9. The summed E-state index contributed by atoms with van der Waals surface area (Å²) in [4.78, 5) is 0.308. The van der Waals surface area contributed by atoms with Crippen LogP contribution in [0.3, 0.4) is 0 Å². The predicted molar refractivity (Wildman–Crippen MR) is 84.2 cm³/mol. The highest BCUT2D eigenvalue weighted by molar-refractivity contribution is 7.91. The molecule has 0 atom stereocenters. The molecule has 2 aromatic carbocycles. The van der Waals surface area contributed by atoms with Gasteiger partial charge in [-0.1, -0.05) is 37.3 Å². The van der Waals surface area contributed by atoms with Gasteiger partial charge in [-0.3, -0.25) is 0 Å². The first-order chi connectivity index (χ1) is 10.0. The molecule has 0 bridgehead atoms. The van der Waals surface area contributed by atoms with Gasteiger partial charge in [-0.25, -0.2) is 8.42 Å². The molecule has 0 saturated heterocycles. The summed E-state index contributed by atoms with van der Waals surface area (Å²) >= 11 is 0. The summed E-state index contributed by atoms with van der Waals surface area (Å²) in [6.45, 7) is 2.21. The Balaban J connectivity index is 2.24. The molecule has 2 aromatic rings. The summed E-state index contributed by atoms with van der Waals surface area (Å²) in [6, 6.07) is 13.8. The van der Waals surface area contributed by atoms with Crippen LogP contribution in [0, 0.1) is 0 Å². The third-order valence-electron chi connectivity index (χ3n) is 3.16. The average molecular weight is 305 g/mol. The van der Waals surface area contributed by atoms with E-state index in [1.54, 1.807) is 42.5 Å². The Kier molecular flexibility index (Phi) is 4.85. The van der Waals surface area contributed by atoms with Crippen molar-refractivity contribution in [3.8, 4) is 5.75 Å². The number of phenols is 1. The van der Waals surface area contributed by atoms with Gasteiger partial charge in [0.15, 0.2) is 9.84 Å². The van der Waals surface area contributed by atoms with Crippen LogP contribution in [0.1, 0.15) is 18.9 Å². The van der Waals surface area contributed by atoms with Gasteiger partial charge in [0.1, 0.15) is 5.75 Å². The van der Waals surface area contributed by atoms with Crippen LogP contribution in [0.5, 0.6) is 5.75 Å². The molecule has 0 saturated carbocycles. The molecule has 21 heavy (non-hydrogen) atoms. The van der Waals surface area contributed by atoms with Gasteiger partial charge in [-0.15, -0.1) is 0 Å². The number of hydrogen-bond donors (Lipinski definition) is 2. The molecule has 0 spiro atoms. The van der Waals surface area contributed by atoms with Crippen LogP contribution in [0.2, 0.25) is 0 Å². The molecule has 5 heteroatoms. The summed E-state index contributed by atoms with van der Waals surface area (Å²) in [5.41, 5.74) is 1.29. The van der Waals surface area contributed by atoms with E-state index in [9.17, 15) is 13.5 Å². The zero-order valence-corrected chi connectivity index (χ0v) is 12.7. The van der Waals surface area contributed by atoms with Gasteiger partial charge in [0.25, 0.3) is 0 Å². The topological polar surface area (TPSA) is 66.4 Å². The van der Waals surface area contributed by atoms with Crippen molar-refractivity contribution in [2.75, 3.05) is 11.1 Å². The van der Waals surface area contributed by atoms with E-state index in [-0.39, 0.29) is 11.5 Å². The molecule has 4 nitrogen and oxygen atoms in total. The highest BCUT2D eigenvalue weighted by Crippen LogP contribution is 2.24. The third-order valence-corrected chi connectivity index (χ3v) is 5.13. The highest BCUT2D eigenvalue weighted by Gasteiger charge is 2.17. The molecule has 0 aliphatic rings. The van der Waals surface area contributed by atoms with Crippen molar-refractivity contribution in [3.63, 3.8) is 0 Å². The Labute approximate surface area is 125 Å². The molecule has 0 unspecified atom stereocenters. The third kappa shape index (κ3) is 3.76. The summed E-state index contributed by atoms with van der Waals surface area (Å²) in [6.07, 6.45) is 0.580. The zero-order chi connectivity index (χ0) is 15.3. The number of nitrogens with one attached hydrogen (secondary N) is 1. The Morgan fingerprint density at radius 2 is 1.71 bits per heavy atom. The standard InChI is InChI=1S/C16H19NO3S/c1-2-11-21(19,20)16-10-6-4-8-14(16)17-12-13-7-3-5-9-15(13)18/h3-10,17-18H,2,11-12H2,1H3. The number of benzene rings is 2. The fourth-order valence-electron chi connectivity index (χ4n) is 2.11. The molecule has 2 rings (SSSR count). The van der Waals surface area contributed by atoms with Crippen LogP contribution in [-0.2, 0) is 16.4 Å². The highest BCUT2D eigenvalue weighted by atomic mass is 32.2. The van der Waals surface area contributed by atoms with E-state index in [0.29, 0.717) is 23.5 Å². The van der Waals surface area contributed by atoms with Crippen molar-refractivity contribution in [1.29, 1.82) is 0 Å². The second kappa shape index (κ2) is 6.63. The van der Waals surface area contributed by atoms with Crippen molar-refractivity contribution in [2.45, 2.75) is 24.8 Å². The van der Waals surface area contributed by atoms with E-state index >= 15 is 0 Å². The predicted octanol–water partition coefficient (Wildman–Crippen LogP) is 3.19. The van der Waals surface area contributed by atoms with Gasteiger partial charge in [-0.05, 0) is 24.6 Å². The summed E-state index contributed by atoms with van der Waals surface area (Å²) < 4.78 is 24.5. The Hall–Kier alpha value is -2.01. The average Bonchev–Trinajstić information content (AvgIpc) is 2.47. The molecule has 0 aliphatic carbocycles. The summed E-state index contributed by atoms with van der Waals surface area (Å²) in [7, 11) is -3.28. The lowest BCUT2D eigenvalue weighted by Gasteiger charge is -2.13. The minimum Gasteiger partial charge on any atom is -0.508 e. The van der Waals surface area contributed by atoms with Crippen LogP contribution in [0.4, 0.5) is 5.69 Å². The number of aromatic hydroxyl groups is 1. The largest absolute Gasteiger partial charge is 0.508 e. The number of anilines is 1. The van der Waals surface area contributed by atoms with E-state index in [0.717, 1.165) is 5.56 Å². The minimum atomic E-state index is -3.28. The van der Waals surface area contributed by atoms with Gasteiger partial charge < -0.3 is 10.4 Å². The van der Waals surface area contributed by atoms with Gasteiger partial charge in [-0.2, -0.15) is 0 Å². The Morgan fingerprint density at radius 1 is 1.05 bits per heavy atom. The number of para-hydroxylation sites is 2. The molecule has 112 valence electrons. The van der Waals surface area contributed by atoms with Gasteiger partial charge in [0.2, 0.25) is 0 Å². The number of rotatable bonds is 6. The lowest BCUT2D eigenvalue weighted by molar-refractivity contribution is 0.469. The fraction of sp³-hybridized carbons (Fsp3) is 0.250. The number of phenolic OH excluding ortho intramolecular Hbond substituents is 1. The molecule has 0 fully saturated rings. The van der Waals surface area contributed by atoms with E-state index in [2.05, 4.69) is 5.32 Å². The lowest BCUT2D eigenvalue weighted by atomic mass is 10.2. The summed E-state index contributed by atoms with van der Waals surface area (Å²) in [5.74, 6) is 0.321. The Morgan fingerprint density at radius 3 is 2.43 bits per heavy atom. The smallest absolute Gasteiger partial charge is 0.180 e. The first-order valence-electron chi connectivity index (χ1n) is 6.87. The van der Waals surface area contributed by atoms with E-state index < -0.39 is 9.84 Å². The molecule has 0 aliphatic heterocycles. The molecular weight excluding hydrogens is 286 g/mol. The lowest BCUT2D eigenvalue weighted by Crippen LogP contribution is -2.10. The maximum absolute atomic E-state index is 12.2. The second-order valence-electron chi connectivity index (χ2n) is 4.80. The van der Waals surface area contributed by atoms with Gasteiger partial charge >= 0.3 is 0 Å². The molecule has 0 aromatic heterocycles. The van der Waals surface area contributed by atoms with Crippen LogP contribution in [-0.4, -0.2) is 19.3 Å². The van der Waals surface area contributed by atoms with E-state index in [4.69, 9.17) is 0 Å². The Bertz CT molecular complexity index is 711. The van der Waals surface area contributed by atoms with Crippen molar-refractivity contribution in [3.05, 3.63) is 54.1 Å². The van der Waals surface area contributed by atoms with Crippen molar-refractivity contribution in [2.24, 2.45) is 0 Å². The van der Waals surface area contributed by atoms with Crippen LogP contribution < -0.4 is 5.32 Å². The van der Waals surface area contributed by atoms with E-state index in [1.807, 2.05) is 13.0 Å². The number of sulfone groups is 1.